The second kappa shape index (κ2) is 4.65. The molecule has 2 aliphatic rings. The van der Waals surface area contributed by atoms with Gasteiger partial charge in [0, 0.05) is 35.6 Å². The molecule has 1 N–H and O–H groups in total. The van der Waals surface area contributed by atoms with Gasteiger partial charge in [0.15, 0.2) is 0 Å². The van der Waals surface area contributed by atoms with Crippen molar-refractivity contribution in [2.45, 2.75) is 32.1 Å². The molecule has 4 rings (SSSR count). The van der Waals surface area contributed by atoms with Crippen LogP contribution >= 0.6 is 0 Å². The smallest absolute Gasteiger partial charge is 0.226 e. The normalized spacial score (nSPS) is 22.2. The van der Waals surface area contributed by atoms with Crippen molar-refractivity contribution in [2.75, 3.05) is 13.1 Å². The van der Waals surface area contributed by atoms with Crippen LogP contribution in [-0.4, -0.2) is 28.9 Å². The third kappa shape index (κ3) is 1.84. The van der Waals surface area contributed by atoms with Gasteiger partial charge in [-0.1, -0.05) is 18.2 Å². The third-order valence-electron chi connectivity index (χ3n) is 4.86. The second-order valence-electron chi connectivity index (χ2n) is 6.10. The van der Waals surface area contributed by atoms with Gasteiger partial charge in [0.05, 0.1) is 0 Å². The molecular formula is C17H20N2O. The number of hydrogen-bond acceptors (Lipinski definition) is 1. The van der Waals surface area contributed by atoms with E-state index in [-0.39, 0.29) is 5.92 Å². The Morgan fingerprint density at radius 3 is 2.85 bits per heavy atom. The van der Waals surface area contributed by atoms with E-state index in [0.29, 0.717) is 5.91 Å². The topological polar surface area (TPSA) is 36.1 Å². The number of para-hydroxylation sites is 1. The number of carbonyl (C=O) groups is 1. The van der Waals surface area contributed by atoms with Gasteiger partial charge >= 0.3 is 0 Å². The molecule has 1 amide bonds. The molecule has 20 heavy (non-hydrogen) atoms. The van der Waals surface area contributed by atoms with Crippen LogP contribution < -0.4 is 0 Å². The standard InChI is InChI=1S/C17H20N2O/c20-17(19-9-3-4-10-19)12-7-8-16-14(11-12)13-5-1-2-6-15(13)18-16/h1-2,5-6,12,18H,3-4,7-11H2. The van der Waals surface area contributed by atoms with Crippen LogP contribution in [0.5, 0.6) is 0 Å². The lowest BCUT2D eigenvalue weighted by Gasteiger charge is -2.26. The van der Waals surface area contributed by atoms with Gasteiger partial charge in [-0.2, -0.15) is 0 Å². The third-order valence-corrected chi connectivity index (χ3v) is 4.86. The number of amides is 1. The molecule has 1 aromatic heterocycles. The summed E-state index contributed by atoms with van der Waals surface area (Å²) in [5.41, 5.74) is 3.94. The average molecular weight is 268 g/mol. The van der Waals surface area contributed by atoms with E-state index >= 15 is 0 Å². The first-order chi connectivity index (χ1) is 9.83. The highest BCUT2D eigenvalue weighted by Gasteiger charge is 2.31. The number of likely N-dealkylation sites (tertiary alicyclic amines) is 1. The molecule has 2 heterocycles. The van der Waals surface area contributed by atoms with Crippen LogP contribution in [0.3, 0.4) is 0 Å². The fourth-order valence-corrected chi connectivity index (χ4v) is 3.78. The minimum absolute atomic E-state index is 0.194. The van der Waals surface area contributed by atoms with E-state index in [1.807, 2.05) is 0 Å². The van der Waals surface area contributed by atoms with Gasteiger partial charge in [-0.15, -0.1) is 0 Å². The molecule has 0 spiro atoms. The zero-order valence-corrected chi connectivity index (χ0v) is 11.7. The van der Waals surface area contributed by atoms with Crippen LogP contribution in [0.2, 0.25) is 0 Å². The minimum Gasteiger partial charge on any atom is -0.358 e. The molecule has 2 aromatic rings. The fraction of sp³-hybridized carbons (Fsp3) is 0.471. The molecule has 0 radical (unpaired) electrons. The highest BCUT2D eigenvalue weighted by molar-refractivity contribution is 5.87. The largest absolute Gasteiger partial charge is 0.358 e. The fourth-order valence-electron chi connectivity index (χ4n) is 3.78. The Bertz CT molecular complexity index is 652. The van der Waals surface area contributed by atoms with E-state index in [9.17, 15) is 4.79 Å². The zero-order valence-electron chi connectivity index (χ0n) is 11.7. The number of rotatable bonds is 1. The minimum atomic E-state index is 0.194. The van der Waals surface area contributed by atoms with Crippen molar-refractivity contribution in [3.63, 3.8) is 0 Å². The maximum atomic E-state index is 12.6. The van der Waals surface area contributed by atoms with E-state index in [2.05, 4.69) is 34.1 Å². The lowest BCUT2D eigenvalue weighted by Crippen LogP contribution is -2.36. The first-order valence-corrected chi connectivity index (χ1v) is 7.70. The van der Waals surface area contributed by atoms with Crippen molar-refractivity contribution in [1.29, 1.82) is 0 Å². The summed E-state index contributed by atoms with van der Waals surface area (Å²) in [6.07, 6.45) is 5.27. The molecule has 1 unspecified atom stereocenters. The molecule has 1 aliphatic carbocycles. The van der Waals surface area contributed by atoms with E-state index in [0.717, 1.165) is 32.4 Å². The summed E-state index contributed by atoms with van der Waals surface area (Å²) >= 11 is 0. The summed E-state index contributed by atoms with van der Waals surface area (Å²) in [6.45, 7) is 1.94. The van der Waals surface area contributed by atoms with Gasteiger partial charge in [0.25, 0.3) is 0 Å². The number of H-pyrrole nitrogens is 1. The Kier molecular flexibility index (Phi) is 2.79. The SMILES string of the molecule is O=C(C1CCc2[nH]c3ccccc3c2C1)N1CCCC1. The van der Waals surface area contributed by atoms with Crippen molar-refractivity contribution in [3.05, 3.63) is 35.5 Å². The Morgan fingerprint density at radius 1 is 1.20 bits per heavy atom. The predicted molar refractivity (Wildman–Crippen MR) is 79.6 cm³/mol. The van der Waals surface area contributed by atoms with Gasteiger partial charge in [0.1, 0.15) is 0 Å². The molecule has 1 atom stereocenters. The number of aromatic nitrogens is 1. The Hall–Kier alpha value is -1.77. The predicted octanol–water partition coefficient (Wildman–Crippen LogP) is 2.90. The van der Waals surface area contributed by atoms with E-state index in [1.54, 1.807) is 0 Å². The second-order valence-corrected chi connectivity index (χ2v) is 6.10. The molecule has 1 aromatic carbocycles. The lowest BCUT2D eigenvalue weighted by molar-refractivity contribution is -0.134. The highest BCUT2D eigenvalue weighted by atomic mass is 16.2. The van der Waals surface area contributed by atoms with Gasteiger partial charge < -0.3 is 9.88 Å². The number of aryl methyl sites for hydroxylation is 1. The molecule has 0 saturated carbocycles. The highest BCUT2D eigenvalue weighted by Crippen LogP contribution is 2.32. The summed E-state index contributed by atoms with van der Waals surface area (Å²) in [4.78, 5) is 18.2. The van der Waals surface area contributed by atoms with Gasteiger partial charge in [-0.3, -0.25) is 4.79 Å². The number of benzene rings is 1. The Morgan fingerprint density at radius 2 is 2.00 bits per heavy atom. The van der Waals surface area contributed by atoms with Crippen LogP contribution in [0.4, 0.5) is 0 Å². The van der Waals surface area contributed by atoms with Gasteiger partial charge in [-0.25, -0.2) is 0 Å². The molecule has 1 aliphatic heterocycles. The number of aromatic amines is 1. The van der Waals surface area contributed by atoms with Crippen molar-refractivity contribution >= 4 is 16.8 Å². The van der Waals surface area contributed by atoms with Crippen LogP contribution in [0.25, 0.3) is 10.9 Å². The van der Waals surface area contributed by atoms with E-state index in [1.165, 1.54) is 35.0 Å². The summed E-state index contributed by atoms with van der Waals surface area (Å²) < 4.78 is 0. The number of hydrogen-bond donors (Lipinski definition) is 1. The van der Waals surface area contributed by atoms with Crippen LogP contribution in [-0.2, 0) is 17.6 Å². The molecule has 0 bridgehead atoms. The average Bonchev–Trinajstić information content (AvgIpc) is 3.13. The zero-order chi connectivity index (χ0) is 13.5. The van der Waals surface area contributed by atoms with Crippen LogP contribution in [0.15, 0.2) is 24.3 Å². The van der Waals surface area contributed by atoms with Crippen molar-refractivity contribution in [2.24, 2.45) is 5.92 Å². The number of nitrogens with zero attached hydrogens (tertiary/aromatic N) is 1. The first kappa shape index (κ1) is 12.0. The molecule has 3 heteroatoms. The van der Waals surface area contributed by atoms with E-state index in [4.69, 9.17) is 0 Å². The van der Waals surface area contributed by atoms with Crippen molar-refractivity contribution < 1.29 is 4.79 Å². The first-order valence-electron chi connectivity index (χ1n) is 7.70. The monoisotopic (exact) mass is 268 g/mol. The molecule has 1 saturated heterocycles. The number of carbonyl (C=O) groups excluding carboxylic acids is 1. The summed E-state index contributed by atoms with van der Waals surface area (Å²) in [6, 6.07) is 8.46. The van der Waals surface area contributed by atoms with Gasteiger partial charge in [0.2, 0.25) is 5.91 Å². The Balaban J connectivity index is 1.63. The van der Waals surface area contributed by atoms with Crippen LogP contribution in [0, 0.1) is 5.92 Å². The Labute approximate surface area is 119 Å². The summed E-state index contributed by atoms with van der Waals surface area (Å²) in [7, 11) is 0. The van der Waals surface area contributed by atoms with Crippen LogP contribution in [0.1, 0.15) is 30.5 Å². The van der Waals surface area contributed by atoms with E-state index < -0.39 is 0 Å². The number of nitrogens with one attached hydrogen (secondary N) is 1. The maximum absolute atomic E-state index is 12.6. The van der Waals surface area contributed by atoms with Gasteiger partial charge in [-0.05, 0) is 43.7 Å². The summed E-state index contributed by atoms with van der Waals surface area (Å²) in [5.74, 6) is 0.582. The lowest BCUT2D eigenvalue weighted by atomic mass is 9.85. The summed E-state index contributed by atoms with van der Waals surface area (Å²) in [5, 5.41) is 1.31. The molecule has 1 fully saturated rings. The number of fused-ring (bicyclic) bond motifs is 3. The van der Waals surface area contributed by atoms with Crippen molar-refractivity contribution in [3.8, 4) is 0 Å². The molecular weight excluding hydrogens is 248 g/mol. The van der Waals surface area contributed by atoms with Crippen molar-refractivity contribution in [1.82, 2.24) is 9.88 Å². The molecule has 104 valence electrons. The molecule has 3 nitrogen and oxygen atoms in total. The quantitative estimate of drug-likeness (QED) is 0.848. The maximum Gasteiger partial charge on any atom is 0.226 e.